The van der Waals surface area contributed by atoms with Crippen molar-refractivity contribution in [3.63, 3.8) is 0 Å². The topological polar surface area (TPSA) is 76.4 Å². The van der Waals surface area contributed by atoms with Crippen LogP contribution in [-0.4, -0.2) is 16.0 Å². The highest BCUT2D eigenvalue weighted by Crippen LogP contribution is 2.32. The van der Waals surface area contributed by atoms with Crippen molar-refractivity contribution in [1.82, 2.24) is 10.3 Å². The summed E-state index contributed by atoms with van der Waals surface area (Å²) in [5.74, 6) is 1.23. The van der Waals surface area contributed by atoms with Gasteiger partial charge in [0.25, 0.3) is 5.91 Å². The maximum atomic E-state index is 12.8. The van der Waals surface area contributed by atoms with Crippen LogP contribution in [0, 0.1) is 0 Å². The van der Waals surface area contributed by atoms with Crippen LogP contribution in [0.4, 0.5) is 5.69 Å². The molecule has 1 atom stereocenters. The molecule has 1 aromatic heterocycles. The molecule has 0 aliphatic rings. The summed E-state index contributed by atoms with van der Waals surface area (Å²) < 4.78 is 11.8. The second-order valence-corrected chi connectivity index (χ2v) is 10.3. The number of anilines is 1. The Morgan fingerprint density at radius 3 is 2.55 bits per heavy atom. The van der Waals surface area contributed by atoms with E-state index in [1.807, 2.05) is 42.5 Å². The average Bonchev–Trinajstić information content (AvgIpc) is 3.41. The summed E-state index contributed by atoms with van der Waals surface area (Å²) in [7, 11) is 0. The number of halogens is 1. The molecule has 0 spiro atoms. The fourth-order valence-electron chi connectivity index (χ4n) is 4.14. The molecule has 0 aliphatic carbocycles. The first-order valence-electron chi connectivity index (χ1n) is 13.0. The summed E-state index contributed by atoms with van der Waals surface area (Å²) in [5.41, 5.74) is 5.51. The lowest BCUT2D eigenvalue weighted by Gasteiger charge is -2.12. The molecular weight excluding hydrogens is 542 g/mol. The van der Waals surface area contributed by atoms with Gasteiger partial charge < -0.3 is 14.5 Å². The number of nitrogens with zero attached hydrogens (tertiary/aromatic N) is 1. The molecule has 1 amide bonds. The number of oxazole rings is 1. The third kappa shape index (κ3) is 6.50. The lowest BCUT2D eigenvalue weighted by molar-refractivity contribution is 0.0977. The van der Waals surface area contributed by atoms with Gasteiger partial charge in [0.1, 0.15) is 17.9 Å². The fourth-order valence-corrected chi connectivity index (χ4v) is 4.50. The first-order chi connectivity index (χ1) is 19.4. The molecule has 0 aliphatic heterocycles. The Hall–Kier alpha value is -4.20. The monoisotopic (exact) mass is 569 g/mol. The number of fused-ring (bicyclic) bond motifs is 1. The second-order valence-electron chi connectivity index (χ2n) is 9.46. The molecule has 5 rings (SSSR count). The Balaban J connectivity index is 1.23. The number of amides is 1. The number of ether oxygens (including phenoxy) is 1. The van der Waals surface area contributed by atoms with E-state index in [0.717, 1.165) is 23.1 Å². The average molecular weight is 570 g/mol. The van der Waals surface area contributed by atoms with Crippen molar-refractivity contribution in [2.24, 2.45) is 0 Å². The van der Waals surface area contributed by atoms with Gasteiger partial charge in [-0.05, 0) is 90.3 Å². The van der Waals surface area contributed by atoms with E-state index in [2.05, 4.69) is 41.6 Å². The summed E-state index contributed by atoms with van der Waals surface area (Å²) in [6.07, 6.45) is 1.05. The number of carbonyl (C=O) groups is 1. The normalized spacial score (nSPS) is 11.7. The van der Waals surface area contributed by atoms with E-state index < -0.39 is 0 Å². The van der Waals surface area contributed by atoms with Gasteiger partial charge in [0.2, 0.25) is 5.89 Å². The van der Waals surface area contributed by atoms with Crippen molar-refractivity contribution in [2.75, 3.05) is 5.32 Å². The molecule has 2 N–H and O–H groups in total. The fraction of sp³-hybridized carbons (Fsp3) is 0.156. The summed E-state index contributed by atoms with van der Waals surface area (Å²) in [6.45, 7) is 4.80. The van der Waals surface area contributed by atoms with Crippen LogP contribution < -0.4 is 15.4 Å². The Kier molecular flexibility index (Phi) is 8.43. The van der Waals surface area contributed by atoms with Gasteiger partial charge >= 0.3 is 0 Å². The predicted molar refractivity (Wildman–Crippen MR) is 164 cm³/mol. The Morgan fingerprint density at radius 2 is 1.80 bits per heavy atom. The van der Waals surface area contributed by atoms with E-state index >= 15 is 0 Å². The van der Waals surface area contributed by atoms with Crippen molar-refractivity contribution >= 4 is 51.6 Å². The van der Waals surface area contributed by atoms with E-state index in [1.54, 1.807) is 36.4 Å². The van der Waals surface area contributed by atoms with Gasteiger partial charge in [-0.2, -0.15) is 0 Å². The molecule has 0 fully saturated rings. The third-order valence-corrected chi connectivity index (χ3v) is 7.18. The van der Waals surface area contributed by atoms with E-state index in [0.29, 0.717) is 46.0 Å². The number of nitrogens with one attached hydrogen (secondary N) is 2. The molecule has 1 unspecified atom stereocenters. The highest BCUT2D eigenvalue weighted by molar-refractivity contribution is 7.80. The van der Waals surface area contributed by atoms with Crippen molar-refractivity contribution in [3.05, 3.63) is 113 Å². The maximum Gasteiger partial charge on any atom is 0.257 e. The van der Waals surface area contributed by atoms with Gasteiger partial charge in [-0.15, -0.1) is 0 Å². The minimum Gasteiger partial charge on any atom is -0.489 e. The number of thiocarbonyl (C=S) groups is 1. The second kappa shape index (κ2) is 12.3. The molecule has 202 valence electrons. The van der Waals surface area contributed by atoms with Crippen LogP contribution in [0.1, 0.15) is 47.7 Å². The standard InChI is InChI=1S/C32H28ClN3O3S/c1-3-20(2)23-12-16-29-28(17-23)34-31(39-29)24-11-15-26(33)27(18-24)35-32(40)36-30(37)22-9-13-25(14-10-22)38-19-21-7-5-4-6-8-21/h4-18,20H,3,19H2,1-2H3,(H2,35,36,37,40). The molecule has 6 nitrogen and oxygen atoms in total. The van der Waals surface area contributed by atoms with Crippen molar-refractivity contribution < 1.29 is 13.9 Å². The number of hydrogen-bond donors (Lipinski definition) is 2. The minimum atomic E-state index is -0.351. The number of carbonyl (C=O) groups excluding carboxylic acids is 1. The Bertz CT molecular complexity index is 1650. The number of rotatable bonds is 8. The van der Waals surface area contributed by atoms with E-state index in [4.69, 9.17) is 33.0 Å². The van der Waals surface area contributed by atoms with E-state index in [1.165, 1.54) is 5.56 Å². The molecule has 0 bridgehead atoms. The number of aromatic nitrogens is 1. The minimum absolute atomic E-state index is 0.115. The van der Waals surface area contributed by atoms with Crippen LogP contribution in [0.5, 0.6) is 5.75 Å². The van der Waals surface area contributed by atoms with Crippen molar-refractivity contribution in [2.45, 2.75) is 32.8 Å². The molecule has 0 saturated carbocycles. The van der Waals surface area contributed by atoms with E-state index in [-0.39, 0.29) is 11.0 Å². The zero-order valence-corrected chi connectivity index (χ0v) is 23.7. The zero-order chi connectivity index (χ0) is 28.1. The van der Waals surface area contributed by atoms with Crippen LogP contribution in [0.2, 0.25) is 5.02 Å². The summed E-state index contributed by atoms with van der Waals surface area (Å²) in [5, 5.41) is 6.26. The van der Waals surface area contributed by atoms with Crippen LogP contribution in [0.25, 0.3) is 22.6 Å². The van der Waals surface area contributed by atoms with E-state index in [9.17, 15) is 4.79 Å². The van der Waals surface area contributed by atoms with Gasteiger partial charge in [-0.1, -0.05) is 61.8 Å². The smallest absolute Gasteiger partial charge is 0.257 e. The zero-order valence-electron chi connectivity index (χ0n) is 22.1. The Labute approximate surface area is 243 Å². The van der Waals surface area contributed by atoms with Crippen LogP contribution in [-0.2, 0) is 6.61 Å². The largest absolute Gasteiger partial charge is 0.489 e. The molecule has 1 heterocycles. The summed E-state index contributed by atoms with van der Waals surface area (Å²) in [6, 6.07) is 28.2. The first-order valence-corrected chi connectivity index (χ1v) is 13.8. The predicted octanol–water partition coefficient (Wildman–Crippen LogP) is 8.37. The summed E-state index contributed by atoms with van der Waals surface area (Å²) in [4.78, 5) is 17.5. The quantitative estimate of drug-likeness (QED) is 0.183. The molecule has 0 saturated heterocycles. The van der Waals surface area contributed by atoms with Crippen LogP contribution in [0.3, 0.4) is 0 Å². The Morgan fingerprint density at radius 1 is 1.02 bits per heavy atom. The van der Waals surface area contributed by atoms with Gasteiger partial charge in [0, 0.05) is 11.1 Å². The van der Waals surface area contributed by atoms with Gasteiger partial charge in [-0.3, -0.25) is 10.1 Å². The van der Waals surface area contributed by atoms with Crippen LogP contribution >= 0.6 is 23.8 Å². The molecular formula is C32H28ClN3O3S. The highest BCUT2D eigenvalue weighted by Gasteiger charge is 2.14. The molecule has 0 radical (unpaired) electrons. The molecule has 40 heavy (non-hydrogen) atoms. The van der Waals surface area contributed by atoms with Gasteiger partial charge in [0.15, 0.2) is 10.7 Å². The van der Waals surface area contributed by atoms with Gasteiger partial charge in [-0.25, -0.2) is 4.98 Å². The lowest BCUT2D eigenvalue weighted by Crippen LogP contribution is -2.34. The van der Waals surface area contributed by atoms with Crippen LogP contribution in [0.15, 0.2) is 95.4 Å². The maximum absolute atomic E-state index is 12.8. The summed E-state index contributed by atoms with van der Waals surface area (Å²) >= 11 is 11.8. The number of hydrogen-bond acceptors (Lipinski definition) is 5. The molecule has 5 aromatic rings. The van der Waals surface area contributed by atoms with Gasteiger partial charge in [0.05, 0.1) is 10.7 Å². The number of benzene rings is 4. The first kappa shape index (κ1) is 27.4. The van der Waals surface area contributed by atoms with Crippen molar-refractivity contribution in [1.29, 1.82) is 0 Å². The van der Waals surface area contributed by atoms with Crippen molar-refractivity contribution in [3.8, 4) is 17.2 Å². The molecule has 8 heteroatoms. The lowest BCUT2D eigenvalue weighted by atomic mass is 9.98. The molecule has 4 aromatic carbocycles. The SMILES string of the molecule is CCC(C)c1ccc2oc(-c3ccc(Cl)c(NC(=S)NC(=O)c4ccc(OCc5ccccc5)cc4)c3)nc2c1. The third-order valence-electron chi connectivity index (χ3n) is 6.65. The highest BCUT2D eigenvalue weighted by atomic mass is 35.5.